The summed E-state index contributed by atoms with van der Waals surface area (Å²) in [5.41, 5.74) is 0. The molecular weight excluding hydrogens is 243 g/mol. The van der Waals surface area contributed by atoms with Crippen LogP contribution in [0.25, 0.3) is 0 Å². The second kappa shape index (κ2) is 5.94. The van der Waals surface area contributed by atoms with Crippen molar-refractivity contribution in [2.45, 2.75) is 13.8 Å². The largest absolute Gasteiger partial charge is 0.504 e. The Hall–Kier alpha value is -1.19. The van der Waals surface area contributed by atoms with Crippen LogP contribution in [-0.4, -0.2) is 25.0 Å². The fraction of sp³-hybridized carbons (Fsp3) is 0.455. The minimum absolute atomic E-state index is 0.0980. The lowest BCUT2D eigenvalue weighted by Gasteiger charge is -2.18. The van der Waals surface area contributed by atoms with Crippen LogP contribution in [0.2, 0.25) is 0 Å². The molecule has 0 radical (unpaired) electrons. The van der Waals surface area contributed by atoms with Gasteiger partial charge in [0.25, 0.3) is 0 Å². The first-order chi connectivity index (χ1) is 8.04. The van der Waals surface area contributed by atoms with Gasteiger partial charge in [0, 0.05) is 6.07 Å². The van der Waals surface area contributed by atoms with Gasteiger partial charge in [-0.25, -0.2) is 4.57 Å². The van der Waals surface area contributed by atoms with E-state index in [2.05, 4.69) is 0 Å². The normalized spacial score (nSPS) is 14.1. The molecule has 0 unspecified atom stereocenters. The summed E-state index contributed by atoms with van der Waals surface area (Å²) < 4.78 is 27.5. The third-order valence-corrected chi connectivity index (χ3v) is 4.02. The second-order valence-electron chi connectivity index (χ2n) is 3.27. The molecule has 0 aliphatic heterocycles. The monoisotopic (exact) mass is 260 g/mol. The number of ether oxygens (including phenoxy) is 1. The molecule has 0 saturated carbocycles. The zero-order chi connectivity index (χ0) is 12.9. The van der Waals surface area contributed by atoms with Crippen LogP contribution in [0.15, 0.2) is 18.2 Å². The average molecular weight is 260 g/mol. The van der Waals surface area contributed by atoms with Crippen LogP contribution in [0.5, 0.6) is 17.2 Å². The predicted molar refractivity (Wildman–Crippen MR) is 65.1 cm³/mol. The molecule has 1 aromatic rings. The van der Waals surface area contributed by atoms with Crippen molar-refractivity contribution in [3.63, 3.8) is 0 Å². The number of hydrogen-bond donors (Lipinski definition) is 1. The molecule has 17 heavy (non-hydrogen) atoms. The van der Waals surface area contributed by atoms with E-state index in [0.29, 0.717) is 5.75 Å². The highest BCUT2D eigenvalue weighted by Gasteiger charge is 2.24. The number of rotatable bonds is 6. The molecule has 0 aliphatic rings. The summed E-state index contributed by atoms with van der Waals surface area (Å²) in [6, 6.07) is 4.47. The van der Waals surface area contributed by atoms with Crippen LogP contribution in [0.1, 0.15) is 13.8 Å². The maximum absolute atomic E-state index is 12.1. The standard InChI is InChI=1S/C11H17O5P/c1-4-15-17(13,5-2)16-11-8-9(14-3)6-7-10(11)12/h6-8,12H,4-5H2,1-3H3/t17-/m1/s1. The van der Waals surface area contributed by atoms with Crippen molar-refractivity contribution < 1.29 is 23.5 Å². The van der Waals surface area contributed by atoms with E-state index in [-0.39, 0.29) is 24.3 Å². The Labute approximate surface area is 101 Å². The highest BCUT2D eigenvalue weighted by atomic mass is 31.2. The number of hydrogen-bond acceptors (Lipinski definition) is 5. The summed E-state index contributed by atoms with van der Waals surface area (Å²) in [6.07, 6.45) is 0.234. The molecule has 6 heteroatoms. The summed E-state index contributed by atoms with van der Waals surface area (Å²) in [6.45, 7) is 3.72. The molecular formula is C11H17O5P. The van der Waals surface area contributed by atoms with E-state index in [9.17, 15) is 9.67 Å². The quantitative estimate of drug-likeness (QED) is 0.796. The van der Waals surface area contributed by atoms with Crippen LogP contribution in [0.3, 0.4) is 0 Å². The first-order valence-electron chi connectivity index (χ1n) is 5.34. The Kier molecular flexibility index (Phi) is 4.85. The Balaban J connectivity index is 2.96. The van der Waals surface area contributed by atoms with E-state index in [1.807, 2.05) is 0 Å². The highest BCUT2D eigenvalue weighted by Crippen LogP contribution is 2.50. The van der Waals surface area contributed by atoms with Crippen molar-refractivity contribution in [3.05, 3.63) is 18.2 Å². The van der Waals surface area contributed by atoms with Crippen molar-refractivity contribution in [2.24, 2.45) is 0 Å². The molecule has 1 rings (SSSR count). The first-order valence-corrected chi connectivity index (χ1v) is 7.07. The number of methoxy groups -OCH3 is 1. The molecule has 0 spiro atoms. The van der Waals surface area contributed by atoms with Gasteiger partial charge in [-0.05, 0) is 19.1 Å². The predicted octanol–water partition coefficient (Wildman–Crippen LogP) is 3.03. The molecule has 0 amide bonds. The van der Waals surface area contributed by atoms with Gasteiger partial charge in [0.15, 0.2) is 11.5 Å². The Morgan fingerprint density at radius 3 is 2.59 bits per heavy atom. The Morgan fingerprint density at radius 2 is 2.06 bits per heavy atom. The van der Waals surface area contributed by atoms with E-state index in [1.165, 1.54) is 19.2 Å². The lowest BCUT2D eigenvalue weighted by atomic mass is 10.3. The zero-order valence-corrected chi connectivity index (χ0v) is 11.1. The summed E-state index contributed by atoms with van der Waals surface area (Å²) in [7, 11) is -1.70. The Bertz CT molecular complexity index is 418. The van der Waals surface area contributed by atoms with Crippen molar-refractivity contribution in [2.75, 3.05) is 19.9 Å². The van der Waals surface area contributed by atoms with E-state index in [1.54, 1.807) is 19.9 Å². The van der Waals surface area contributed by atoms with E-state index in [4.69, 9.17) is 13.8 Å². The second-order valence-corrected chi connectivity index (χ2v) is 5.56. The van der Waals surface area contributed by atoms with Gasteiger partial charge in [0.2, 0.25) is 0 Å². The van der Waals surface area contributed by atoms with Gasteiger partial charge >= 0.3 is 7.60 Å². The number of phenols is 1. The summed E-state index contributed by atoms with van der Waals surface area (Å²) in [5.74, 6) is 0.513. The van der Waals surface area contributed by atoms with Crippen LogP contribution >= 0.6 is 7.60 Å². The fourth-order valence-corrected chi connectivity index (χ4v) is 2.43. The SMILES string of the molecule is CCO[P@](=O)(CC)Oc1cc(OC)ccc1O. The van der Waals surface area contributed by atoms with E-state index < -0.39 is 7.60 Å². The number of aromatic hydroxyl groups is 1. The molecule has 1 N–H and O–H groups in total. The maximum Gasteiger partial charge on any atom is 0.379 e. The van der Waals surface area contributed by atoms with Gasteiger partial charge in [-0.15, -0.1) is 0 Å². The first kappa shape index (κ1) is 13.9. The van der Waals surface area contributed by atoms with Gasteiger partial charge in [-0.2, -0.15) is 0 Å². The molecule has 1 atom stereocenters. The molecule has 0 fully saturated rings. The number of phenolic OH excluding ortho intramolecular Hbond substituents is 1. The number of benzene rings is 1. The van der Waals surface area contributed by atoms with Gasteiger partial charge in [-0.3, -0.25) is 0 Å². The molecule has 0 aromatic heterocycles. The van der Waals surface area contributed by atoms with Crippen molar-refractivity contribution in [1.29, 1.82) is 0 Å². The smallest absolute Gasteiger partial charge is 0.379 e. The summed E-state index contributed by atoms with van der Waals surface area (Å²) in [5, 5.41) is 9.60. The molecule has 1 aromatic carbocycles. The van der Waals surface area contributed by atoms with Crippen molar-refractivity contribution >= 4 is 7.60 Å². The van der Waals surface area contributed by atoms with Crippen molar-refractivity contribution in [1.82, 2.24) is 0 Å². The zero-order valence-electron chi connectivity index (χ0n) is 10.2. The summed E-state index contributed by atoms with van der Waals surface area (Å²) >= 11 is 0. The van der Waals surface area contributed by atoms with Gasteiger partial charge in [-0.1, -0.05) is 6.92 Å². The minimum Gasteiger partial charge on any atom is -0.504 e. The third kappa shape index (κ3) is 3.65. The van der Waals surface area contributed by atoms with Crippen LogP contribution in [0, 0.1) is 0 Å². The van der Waals surface area contributed by atoms with Crippen LogP contribution in [0.4, 0.5) is 0 Å². The molecule has 96 valence electrons. The molecule has 0 heterocycles. The van der Waals surface area contributed by atoms with Crippen LogP contribution < -0.4 is 9.26 Å². The molecule has 0 bridgehead atoms. The van der Waals surface area contributed by atoms with E-state index in [0.717, 1.165) is 0 Å². The van der Waals surface area contributed by atoms with E-state index >= 15 is 0 Å². The average Bonchev–Trinajstić information content (AvgIpc) is 2.32. The lowest BCUT2D eigenvalue weighted by Crippen LogP contribution is -2.00. The highest BCUT2D eigenvalue weighted by molar-refractivity contribution is 7.54. The Morgan fingerprint density at radius 1 is 1.35 bits per heavy atom. The lowest BCUT2D eigenvalue weighted by molar-refractivity contribution is 0.276. The van der Waals surface area contributed by atoms with Gasteiger partial charge in [0.05, 0.1) is 19.9 Å². The molecule has 5 nitrogen and oxygen atoms in total. The van der Waals surface area contributed by atoms with Crippen molar-refractivity contribution in [3.8, 4) is 17.2 Å². The fourth-order valence-electron chi connectivity index (χ4n) is 1.22. The third-order valence-electron chi connectivity index (χ3n) is 2.12. The maximum atomic E-state index is 12.1. The topological polar surface area (TPSA) is 65.0 Å². The minimum atomic E-state index is -3.19. The summed E-state index contributed by atoms with van der Waals surface area (Å²) in [4.78, 5) is 0. The molecule has 0 aliphatic carbocycles. The van der Waals surface area contributed by atoms with Crippen LogP contribution in [-0.2, 0) is 9.09 Å². The van der Waals surface area contributed by atoms with Gasteiger partial charge < -0.3 is 18.9 Å². The molecule has 0 saturated heterocycles. The van der Waals surface area contributed by atoms with Gasteiger partial charge in [0.1, 0.15) is 5.75 Å².